The summed E-state index contributed by atoms with van der Waals surface area (Å²) in [7, 11) is 0. The molecule has 0 saturated carbocycles. The smallest absolute Gasteiger partial charge is 0.224 e. The van der Waals surface area contributed by atoms with Gasteiger partial charge in [0.2, 0.25) is 5.91 Å². The molecule has 2 fully saturated rings. The Balaban J connectivity index is 0.00000243. The fraction of sp³-hybridized carbons (Fsp3) is 0.611. The molecule has 1 amide bonds. The van der Waals surface area contributed by atoms with Crippen LogP contribution in [0.15, 0.2) is 18.2 Å². The summed E-state index contributed by atoms with van der Waals surface area (Å²) >= 11 is 0. The van der Waals surface area contributed by atoms with Gasteiger partial charge in [-0.3, -0.25) is 4.79 Å². The SMILES string of the molecule is Cl.Cl.Cl.NCCCC(=O)Nc1ccc(N2CCOCC2)cc1N1CCOCC1. The molecule has 1 aromatic rings. The number of hydrogen-bond donors (Lipinski definition) is 2. The van der Waals surface area contributed by atoms with Gasteiger partial charge in [-0.05, 0) is 31.2 Å². The third-order valence-electron chi connectivity index (χ3n) is 4.59. The number of benzene rings is 1. The minimum absolute atomic E-state index is 0. The second kappa shape index (κ2) is 14.1. The first kappa shape index (κ1) is 27.0. The summed E-state index contributed by atoms with van der Waals surface area (Å²) in [6, 6.07) is 6.26. The van der Waals surface area contributed by atoms with Gasteiger partial charge in [0.25, 0.3) is 0 Å². The van der Waals surface area contributed by atoms with Crippen molar-refractivity contribution in [3.05, 3.63) is 18.2 Å². The molecule has 3 rings (SSSR count). The van der Waals surface area contributed by atoms with Crippen LogP contribution in [0.25, 0.3) is 0 Å². The Morgan fingerprint density at radius 3 is 2.11 bits per heavy atom. The highest BCUT2D eigenvalue weighted by atomic mass is 35.5. The maximum Gasteiger partial charge on any atom is 0.224 e. The molecule has 0 unspecified atom stereocenters. The van der Waals surface area contributed by atoms with E-state index in [2.05, 4.69) is 27.2 Å². The lowest BCUT2D eigenvalue weighted by Gasteiger charge is -2.33. The van der Waals surface area contributed by atoms with Gasteiger partial charge in [0, 0.05) is 38.3 Å². The van der Waals surface area contributed by atoms with E-state index in [1.807, 2.05) is 6.07 Å². The van der Waals surface area contributed by atoms with Crippen LogP contribution in [0.2, 0.25) is 0 Å². The minimum Gasteiger partial charge on any atom is -0.378 e. The largest absolute Gasteiger partial charge is 0.378 e. The number of hydrogen-bond acceptors (Lipinski definition) is 6. The monoisotopic (exact) mass is 456 g/mol. The highest BCUT2D eigenvalue weighted by Crippen LogP contribution is 2.32. The Kier molecular flexibility index (Phi) is 13.6. The van der Waals surface area contributed by atoms with Crippen molar-refractivity contribution < 1.29 is 14.3 Å². The Labute approximate surface area is 185 Å². The summed E-state index contributed by atoms with van der Waals surface area (Å²) in [4.78, 5) is 16.8. The van der Waals surface area contributed by atoms with Crippen LogP contribution in [0.5, 0.6) is 0 Å². The number of carbonyl (C=O) groups excluding carboxylic acids is 1. The lowest BCUT2D eigenvalue weighted by Crippen LogP contribution is -2.38. The molecule has 0 atom stereocenters. The van der Waals surface area contributed by atoms with Crippen molar-refractivity contribution in [1.82, 2.24) is 0 Å². The summed E-state index contributed by atoms with van der Waals surface area (Å²) in [5.41, 5.74) is 8.60. The van der Waals surface area contributed by atoms with E-state index in [9.17, 15) is 4.79 Å². The first-order chi connectivity index (χ1) is 12.3. The van der Waals surface area contributed by atoms with Gasteiger partial charge in [0.1, 0.15) is 0 Å². The van der Waals surface area contributed by atoms with Crippen molar-refractivity contribution in [2.24, 2.45) is 5.73 Å². The van der Waals surface area contributed by atoms with Crippen LogP contribution in [0.1, 0.15) is 12.8 Å². The van der Waals surface area contributed by atoms with Gasteiger partial charge >= 0.3 is 0 Å². The number of ether oxygens (including phenoxy) is 2. The number of amides is 1. The van der Waals surface area contributed by atoms with Gasteiger partial charge in [-0.1, -0.05) is 0 Å². The van der Waals surface area contributed by atoms with Crippen molar-refractivity contribution in [2.45, 2.75) is 12.8 Å². The average Bonchev–Trinajstić information content (AvgIpc) is 2.68. The molecular weight excluding hydrogens is 427 g/mol. The number of anilines is 3. The van der Waals surface area contributed by atoms with E-state index >= 15 is 0 Å². The van der Waals surface area contributed by atoms with E-state index in [1.165, 1.54) is 5.69 Å². The first-order valence-corrected chi connectivity index (χ1v) is 9.07. The zero-order chi connectivity index (χ0) is 17.5. The van der Waals surface area contributed by atoms with Gasteiger partial charge in [0.15, 0.2) is 0 Å². The number of nitrogens with one attached hydrogen (secondary N) is 1. The second-order valence-electron chi connectivity index (χ2n) is 6.34. The fourth-order valence-electron chi connectivity index (χ4n) is 3.19. The normalized spacial score (nSPS) is 16.3. The molecule has 0 radical (unpaired) electrons. The topological polar surface area (TPSA) is 80.1 Å². The van der Waals surface area contributed by atoms with Crippen molar-refractivity contribution in [1.29, 1.82) is 0 Å². The number of rotatable bonds is 6. The maximum absolute atomic E-state index is 12.2. The molecule has 3 N–H and O–H groups in total. The van der Waals surface area contributed by atoms with E-state index < -0.39 is 0 Å². The quantitative estimate of drug-likeness (QED) is 0.682. The highest BCUT2D eigenvalue weighted by Gasteiger charge is 2.19. The molecule has 10 heteroatoms. The number of halogens is 3. The lowest BCUT2D eigenvalue weighted by molar-refractivity contribution is -0.116. The van der Waals surface area contributed by atoms with Crippen LogP contribution in [0.4, 0.5) is 17.1 Å². The molecule has 7 nitrogen and oxygen atoms in total. The predicted octanol–water partition coefficient (Wildman–Crippen LogP) is 2.30. The van der Waals surface area contributed by atoms with Crippen molar-refractivity contribution in [2.75, 3.05) is 74.3 Å². The van der Waals surface area contributed by atoms with E-state index in [-0.39, 0.29) is 43.1 Å². The molecule has 2 aliphatic rings. The molecule has 0 spiro atoms. The zero-order valence-electron chi connectivity index (χ0n) is 15.9. The summed E-state index contributed by atoms with van der Waals surface area (Å²) in [5.74, 6) is 0.0130. The second-order valence-corrected chi connectivity index (χ2v) is 6.34. The Hall–Kier alpha value is -0.960. The summed E-state index contributed by atoms with van der Waals surface area (Å²) in [6.07, 6.45) is 1.15. The third-order valence-corrected chi connectivity index (χ3v) is 4.59. The van der Waals surface area contributed by atoms with E-state index in [0.717, 1.165) is 50.8 Å². The summed E-state index contributed by atoms with van der Waals surface area (Å²) < 4.78 is 10.9. The molecular formula is C18H31Cl3N4O3. The fourth-order valence-corrected chi connectivity index (χ4v) is 3.19. The molecule has 0 aliphatic carbocycles. The van der Waals surface area contributed by atoms with Gasteiger partial charge in [0.05, 0.1) is 37.8 Å². The standard InChI is InChI=1S/C18H28N4O3.3ClH/c19-5-1-2-18(23)20-16-4-3-15(21-6-10-24-11-7-21)14-17(16)22-8-12-25-13-9-22;;;/h3-4,14H,1-2,5-13,19H2,(H,20,23);3*1H. The van der Waals surface area contributed by atoms with Crippen molar-refractivity contribution in [3.8, 4) is 0 Å². The number of carbonyl (C=O) groups is 1. The van der Waals surface area contributed by atoms with Gasteiger partial charge < -0.3 is 30.3 Å². The molecule has 1 aromatic carbocycles. The van der Waals surface area contributed by atoms with E-state index in [4.69, 9.17) is 15.2 Å². The van der Waals surface area contributed by atoms with Crippen LogP contribution in [0, 0.1) is 0 Å². The van der Waals surface area contributed by atoms with Crippen molar-refractivity contribution >= 4 is 60.2 Å². The molecule has 0 aromatic heterocycles. The van der Waals surface area contributed by atoms with Crippen LogP contribution in [-0.4, -0.2) is 65.1 Å². The Bertz CT molecular complexity index is 583. The van der Waals surface area contributed by atoms with Crippen LogP contribution in [-0.2, 0) is 14.3 Å². The van der Waals surface area contributed by atoms with Crippen molar-refractivity contribution in [3.63, 3.8) is 0 Å². The molecule has 28 heavy (non-hydrogen) atoms. The van der Waals surface area contributed by atoms with Crippen LogP contribution < -0.4 is 20.9 Å². The maximum atomic E-state index is 12.2. The Morgan fingerprint density at radius 1 is 0.964 bits per heavy atom. The number of morpholine rings is 2. The highest BCUT2D eigenvalue weighted by molar-refractivity contribution is 5.95. The molecule has 2 saturated heterocycles. The zero-order valence-corrected chi connectivity index (χ0v) is 18.4. The van der Waals surface area contributed by atoms with Crippen LogP contribution >= 0.6 is 37.2 Å². The van der Waals surface area contributed by atoms with E-state index in [0.29, 0.717) is 32.6 Å². The summed E-state index contributed by atoms with van der Waals surface area (Å²) in [5, 5.41) is 3.05. The van der Waals surface area contributed by atoms with Gasteiger partial charge in [-0.25, -0.2) is 0 Å². The molecule has 2 heterocycles. The van der Waals surface area contributed by atoms with Gasteiger partial charge in [-0.15, -0.1) is 37.2 Å². The first-order valence-electron chi connectivity index (χ1n) is 9.07. The molecule has 2 aliphatic heterocycles. The minimum atomic E-state index is 0. The summed E-state index contributed by atoms with van der Waals surface area (Å²) in [6.45, 7) is 6.91. The predicted molar refractivity (Wildman–Crippen MR) is 121 cm³/mol. The average molecular weight is 458 g/mol. The molecule has 0 bridgehead atoms. The number of nitrogens with two attached hydrogens (primary N) is 1. The lowest BCUT2D eigenvalue weighted by atomic mass is 10.1. The Morgan fingerprint density at radius 2 is 1.54 bits per heavy atom. The third kappa shape index (κ3) is 7.46. The van der Waals surface area contributed by atoms with Crippen LogP contribution in [0.3, 0.4) is 0 Å². The molecule has 162 valence electrons. The number of nitrogens with zero attached hydrogens (tertiary/aromatic N) is 2. The van der Waals surface area contributed by atoms with Gasteiger partial charge in [-0.2, -0.15) is 0 Å². The van der Waals surface area contributed by atoms with E-state index in [1.54, 1.807) is 0 Å².